The Kier molecular flexibility index (Phi) is 3.24. The maximum atomic E-state index is 13.3. The Balaban J connectivity index is 2.16. The van der Waals surface area contributed by atoms with Crippen LogP contribution in [0.15, 0.2) is 29.8 Å². The highest BCUT2D eigenvalue weighted by Gasteiger charge is 2.16. The zero-order valence-corrected chi connectivity index (χ0v) is 11.7. The lowest BCUT2D eigenvalue weighted by atomic mass is 10.3. The van der Waals surface area contributed by atoms with Crippen LogP contribution in [0.25, 0.3) is 11.0 Å². The minimum absolute atomic E-state index is 0.240. The average Bonchev–Trinajstić information content (AvgIpc) is 2.97. The molecule has 6 heteroatoms. The lowest BCUT2D eigenvalue weighted by molar-refractivity contribution is 0.629. The van der Waals surface area contributed by atoms with Crippen molar-refractivity contribution in [1.29, 1.82) is 0 Å². The molecule has 2 aromatic heterocycles. The van der Waals surface area contributed by atoms with E-state index in [0.717, 1.165) is 16.3 Å². The minimum atomic E-state index is -0.292. The molecule has 1 unspecified atom stereocenters. The first-order valence-corrected chi connectivity index (χ1v) is 7.15. The summed E-state index contributed by atoms with van der Waals surface area (Å²) in [7, 11) is 0. The number of nitrogens with zero attached hydrogens (tertiary/aromatic N) is 3. The third-order valence-electron chi connectivity index (χ3n) is 2.87. The normalized spacial score (nSPS) is 13.0. The molecular weight excluding hydrogens is 285 g/mol. The SMILES string of the molecule is CC(Cl)c1nc2cc(F)ccc2n1Cc1nccs1. The summed E-state index contributed by atoms with van der Waals surface area (Å²) in [5.41, 5.74) is 1.50. The largest absolute Gasteiger partial charge is 0.320 e. The quantitative estimate of drug-likeness (QED) is 0.684. The zero-order valence-electron chi connectivity index (χ0n) is 10.2. The topological polar surface area (TPSA) is 30.7 Å². The fourth-order valence-electron chi connectivity index (χ4n) is 2.06. The molecule has 0 amide bonds. The maximum absolute atomic E-state index is 13.3. The summed E-state index contributed by atoms with van der Waals surface area (Å²) in [5.74, 6) is 0.442. The summed E-state index contributed by atoms with van der Waals surface area (Å²) in [6.07, 6.45) is 1.77. The highest BCUT2D eigenvalue weighted by atomic mass is 35.5. The molecule has 0 N–H and O–H groups in total. The second kappa shape index (κ2) is 4.90. The van der Waals surface area contributed by atoms with Crippen LogP contribution < -0.4 is 0 Å². The third kappa shape index (κ3) is 2.35. The van der Waals surface area contributed by atoms with Crippen molar-refractivity contribution in [3.63, 3.8) is 0 Å². The molecule has 3 aromatic rings. The van der Waals surface area contributed by atoms with Crippen LogP contribution in [0.4, 0.5) is 4.39 Å². The molecule has 0 saturated heterocycles. The molecule has 2 heterocycles. The Morgan fingerprint density at radius 3 is 3.00 bits per heavy atom. The van der Waals surface area contributed by atoms with Gasteiger partial charge in [-0.2, -0.15) is 0 Å². The summed E-state index contributed by atoms with van der Waals surface area (Å²) in [6.45, 7) is 2.46. The molecule has 0 bridgehead atoms. The number of halogens is 2. The Hall–Kier alpha value is -1.46. The van der Waals surface area contributed by atoms with E-state index < -0.39 is 0 Å². The molecule has 1 atom stereocenters. The van der Waals surface area contributed by atoms with Crippen molar-refractivity contribution in [2.45, 2.75) is 18.8 Å². The van der Waals surface area contributed by atoms with Crippen LogP contribution in [0, 0.1) is 5.82 Å². The van der Waals surface area contributed by atoms with Gasteiger partial charge in [0.15, 0.2) is 0 Å². The maximum Gasteiger partial charge on any atom is 0.128 e. The molecule has 3 rings (SSSR count). The number of benzene rings is 1. The molecule has 0 aliphatic heterocycles. The minimum Gasteiger partial charge on any atom is -0.320 e. The van der Waals surface area contributed by atoms with Crippen molar-refractivity contribution in [1.82, 2.24) is 14.5 Å². The van der Waals surface area contributed by atoms with Gasteiger partial charge in [-0.05, 0) is 19.1 Å². The van der Waals surface area contributed by atoms with Crippen molar-refractivity contribution in [2.75, 3.05) is 0 Å². The fraction of sp³-hybridized carbons (Fsp3) is 0.231. The smallest absolute Gasteiger partial charge is 0.128 e. The van der Waals surface area contributed by atoms with E-state index in [0.29, 0.717) is 12.1 Å². The number of fused-ring (bicyclic) bond motifs is 1. The van der Waals surface area contributed by atoms with Gasteiger partial charge in [-0.15, -0.1) is 22.9 Å². The molecule has 0 aliphatic rings. The van der Waals surface area contributed by atoms with Crippen LogP contribution >= 0.6 is 22.9 Å². The average molecular weight is 296 g/mol. The first-order valence-electron chi connectivity index (χ1n) is 5.83. The second-order valence-electron chi connectivity index (χ2n) is 4.23. The van der Waals surface area contributed by atoms with Gasteiger partial charge in [0.25, 0.3) is 0 Å². The van der Waals surface area contributed by atoms with Gasteiger partial charge in [0.2, 0.25) is 0 Å². The van der Waals surface area contributed by atoms with Gasteiger partial charge in [-0.25, -0.2) is 14.4 Å². The molecule has 0 aliphatic carbocycles. The van der Waals surface area contributed by atoms with E-state index in [1.807, 2.05) is 16.9 Å². The van der Waals surface area contributed by atoms with Crippen LogP contribution in [0.5, 0.6) is 0 Å². The summed E-state index contributed by atoms with van der Waals surface area (Å²) >= 11 is 7.74. The molecule has 0 fully saturated rings. The lowest BCUT2D eigenvalue weighted by Gasteiger charge is -2.08. The second-order valence-corrected chi connectivity index (χ2v) is 5.86. The summed E-state index contributed by atoms with van der Waals surface area (Å²) in [6, 6.07) is 4.59. The number of aromatic nitrogens is 3. The molecule has 98 valence electrons. The summed E-state index contributed by atoms with van der Waals surface area (Å²) in [5, 5.41) is 2.66. The fourth-order valence-corrected chi connectivity index (χ4v) is 2.83. The number of rotatable bonds is 3. The molecule has 0 spiro atoms. The van der Waals surface area contributed by atoms with E-state index in [9.17, 15) is 4.39 Å². The molecule has 0 saturated carbocycles. The number of thiazole rings is 1. The van der Waals surface area contributed by atoms with Gasteiger partial charge in [0, 0.05) is 17.6 Å². The lowest BCUT2D eigenvalue weighted by Crippen LogP contribution is -2.05. The number of hydrogen-bond acceptors (Lipinski definition) is 3. The monoisotopic (exact) mass is 295 g/mol. The van der Waals surface area contributed by atoms with E-state index in [1.54, 1.807) is 23.6 Å². The molecule has 1 aromatic carbocycles. The Bertz CT molecular complexity index is 706. The van der Waals surface area contributed by atoms with Crippen LogP contribution in [0.1, 0.15) is 23.1 Å². The highest BCUT2D eigenvalue weighted by molar-refractivity contribution is 7.09. The highest BCUT2D eigenvalue weighted by Crippen LogP contribution is 2.26. The molecular formula is C13H11ClFN3S. The van der Waals surface area contributed by atoms with Gasteiger partial charge >= 0.3 is 0 Å². The standard InChI is InChI=1S/C13H11ClFN3S/c1-8(14)13-17-10-6-9(15)2-3-11(10)18(13)7-12-16-4-5-19-12/h2-6,8H,7H2,1H3. The number of imidazole rings is 1. The van der Waals surface area contributed by atoms with Gasteiger partial charge in [0.1, 0.15) is 16.6 Å². The van der Waals surface area contributed by atoms with Crippen molar-refractivity contribution >= 4 is 34.0 Å². The van der Waals surface area contributed by atoms with Crippen molar-refractivity contribution < 1.29 is 4.39 Å². The Morgan fingerprint density at radius 2 is 2.32 bits per heavy atom. The Labute approximate surface area is 118 Å². The summed E-state index contributed by atoms with van der Waals surface area (Å²) < 4.78 is 15.3. The van der Waals surface area contributed by atoms with Crippen molar-refractivity contribution in [3.05, 3.63) is 46.4 Å². The Morgan fingerprint density at radius 1 is 1.47 bits per heavy atom. The number of hydrogen-bond donors (Lipinski definition) is 0. The van der Waals surface area contributed by atoms with Crippen LogP contribution in [-0.4, -0.2) is 14.5 Å². The predicted octanol–water partition coefficient (Wildman–Crippen LogP) is 3.98. The molecule has 3 nitrogen and oxygen atoms in total. The first kappa shape index (κ1) is 12.6. The van der Waals surface area contributed by atoms with Crippen molar-refractivity contribution in [3.8, 4) is 0 Å². The van der Waals surface area contributed by atoms with E-state index in [1.165, 1.54) is 12.1 Å². The van der Waals surface area contributed by atoms with E-state index in [4.69, 9.17) is 11.6 Å². The van der Waals surface area contributed by atoms with Gasteiger partial charge in [-0.1, -0.05) is 0 Å². The zero-order chi connectivity index (χ0) is 13.4. The summed E-state index contributed by atoms with van der Waals surface area (Å²) in [4.78, 5) is 8.69. The van der Waals surface area contributed by atoms with Crippen molar-refractivity contribution in [2.24, 2.45) is 0 Å². The van der Waals surface area contributed by atoms with Gasteiger partial charge < -0.3 is 4.57 Å². The molecule has 0 radical (unpaired) electrons. The van der Waals surface area contributed by atoms with E-state index >= 15 is 0 Å². The molecule has 19 heavy (non-hydrogen) atoms. The van der Waals surface area contributed by atoms with Gasteiger partial charge in [-0.3, -0.25) is 0 Å². The van der Waals surface area contributed by atoms with Crippen LogP contribution in [0.3, 0.4) is 0 Å². The third-order valence-corrected chi connectivity index (χ3v) is 3.83. The van der Waals surface area contributed by atoms with E-state index in [-0.39, 0.29) is 11.2 Å². The van der Waals surface area contributed by atoms with Gasteiger partial charge in [0.05, 0.1) is 23.0 Å². The van der Waals surface area contributed by atoms with Crippen LogP contribution in [0.2, 0.25) is 0 Å². The van der Waals surface area contributed by atoms with E-state index in [2.05, 4.69) is 9.97 Å². The predicted molar refractivity (Wildman–Crippen MR) is 75.2 cm³/mol. The number of alkyl halides is 1. The van der Waals surface area contributed by atoms with Crippen LogP contribution in [-0.2, 0) is 6.54 Å². The first-order chi connectivity index (χ1) is 9.15.